The molecular weight excluding hydrogens is 244 g/mol. The molecule has 112 valence electrons. The lowest BCUT2D eigenvalue weighted by molar-refractivity contribution is -0.0510. The maximum atomic E-state index is 9.82. The van der Waals surface area contributed by atoms with Gasteiger partial charge in [-0.25, -0.2) is 0 Å². The van der Waals surface area contributed by atoms with Crippen molar-refractivity contribution in [3.8, 4) is 0 Å². The van der Waals surface area contributed by atoms with E-state index in [0.717, 1.165) is 5.57 Å². The van der Waals surface area contributed by atoms with E-state index >= 15 is 0 Å². The van der Waals surface area contributed by atoms with E-state index < -0.39 is 23.4 Å². The van der Waals surface area contributed by atoms with Gasteiger partial charge in [0.05, 0.1) is 23.4 Å². The summed E-state index contributed by atoms with van der Waals surface area (Å²) in [7, 11) is 0. The molecule has 3 atom stereocenters. The van der Waals surface area contributed by atoms with E-state index in [9.17, 15) is 20.4 Å². The smallest absolute Gasteiger partial charge is 0.0849 e. The van der Waals surface area contributed by atoms with Crippen LogP contribution in [0.15, 0.2) is 24.3 Å². The van der Waals surface area contributed by atoms with Crippen LogP contribution < -0.4 is 0 Å². The molecular formula is C15H28O4. The highest BCUT2D eigenvalue weighted by Crippen LogP contribution is 2.19. The summed E-state index contributed by atoms with van der Waals surface area (Å²) < 4.78 is 0. The van der Waals surface area contributed by atoms with E-state index in [0.29, 0.717) is 12.8 Å². The highest BCUT2D eigenvalue weighted by atomic mass is 16.3. The standard InChI is InChI=1S/C15H28O4/c1-6-15(5,19)10-12(16)9-11(2)7-8-13(17)14(3,4)18/h6,9,12-13,16-19H,1,7-8,10H2,2-5H3/b11-9+/t12-,13-,15?/m1/s1. The topological polar surface area (TPSA) is 80.9 Å². The Bertz CT molecular complexity index is 313. The van der Waals surface area contributed by atoms with Crippen LogP contribution >= 0.6 is 0 Å². The lowest BCUT2D eigenvalue weighted by atomic mass is 9.94. The Kier molecular flexibility index (Phi) is 6.94. The number of rotatable bonds is 8. The van der Waals surface area contributed by atoms with Gasteiger partial charge in [0, 0.05) is 6.42 Å². The fourth-order valence-electron chi connectivity index (χ4n) is 1.70. The minimum absolute atomic E-state index is 0.182. The van der Waals surface area contributed by atoms with Gasteiger partial charge in [-0.15, -0.1) is 6.58 Å². The maximum absolute atomic E-state index is 9.82. The van der Waals surface area contributed by atoms with Crippen molar-refractivity contribution in [3.63, 3.8) is 0 Å². The Morgan fingerprint density at radius 3 is 2.16 bits per heavy atom. The zero-order valence-corrected chi connectivity index (χ0v) is 12.4. The van der Waals surface area contributed by atoms with E-state index in [1.807, 2.05) is 6.92 Å². The van der Waals surface area contributed by atoms with Gasteiger partial charge in [-0.3, -0.25) is 0 Å². The molecule has 4 heteroatoms. The molecule has 0 saturated carbocycles. The van der Waals surface area contributed by atoms with Crippen molar-refractivity contribution in [2.75, 3.05) is 0 Å². The highest BCUT2D eigenvalue weighted by Gasteiger charge is 2.24. The number of hydrogen-bond acceptors (Lipinski definition) is 4. The Balaban J connectivity index is 4.31. The Morgan fingerprint density at radius 1 is 1.21 bits per heavy atom. The summed E-state index contributed by atoms with van der Waals surface area (Å²) in [6, 6.07) is 0. The minimum atomic E-state index is -1.12. The van der Waals surface area contributed by atoms with Crippen LogP contribution in [0.3, 0.4) is 0 Å². The largest absolute Gasteiger partial charge is 0.390 e. The SMILES string of the molecule is C=CC(C)(O)C[C@H](O)/C=C(\C)CC[C@@H](O)C(C)(C)O. The monoisotopic (exact) mass is 272 g/mol. The predicted molar refractivity (Wildman–Crippen MR) is 76.7 cm³/mol. The molecule has 0 aromatic heterocycles. The fourth-order valence-corrected chi connectivity index (χ4v) is 1.70. The molecule has 0 aromatic carbocycles. The fraction of sp³-hybridized carbons (Fsp3) is 0.733. The van der Waals surface area contributed by atoms with Gasteiger partial charge in [-0.2, -0.15) is 0 Å². The summed E-state index contributed by atoms with van der Waals surface area (Å²) in [6.07, 6.45) is 2.69. The molecule has 0 radical (unpaired) electrons. The van der Waals surface area contributed by atoms with Crippen molar-refractivity contribution in [1.29, 1.82) is 0 Å². The van der Waals surface area contributed by atoms with Crippen LogP contribution in [0.1, 0.15) is 47.0 Å². The molecule has 4 N–H and O–H groups in total. The second-order valence-corrected chi connectivity index (χ2v) is 6.05. The van der Waals surface area contributed by atoms with Crippen molar-refractivity contribution in [2.24, 2.45) is 0 Å². The molecule has 0 aliphatic heterocycles. The van der Waals surface area contributed by atoms with Gasteiger partial charge >= 0.3 is 0 Å². The van der Waals surface area contributed by atoms with E-state index in [-0.39, 0.29) is 6.42 Å². The van der Waals surface area contributed by atoms with E-state index in [4.69, 9.17) is 0 Å². The van der Waals surface area contributed by atoms with Crippen LogP contribution in [0.5, 0.6) is 0 Å². The highest BCUT2D eigenvalue weighted by molar-refractivity contribution is 5.05. The molecule has 1 unspecified atom stereocenters. The Hall–Kier alpha value is -0.680. The third-order valence-electron chi connectivity index (χ3n) is 3.17. The van der Waals surface area contributed by atoms with Crippen LogP contribution in [-0.2, 0) is 0 Å². The molecule has 0 spiro atoms. The number of aliphatic hydroxyl groups is 4. The summed E-state index contributed by atoms with van der Waals surface area (Å²) >= 11 is 0. The van der Waals surface area contributed by atoms with E-state index in [1.54, 1.807) is 26.8 Å². The van der Waals surface area contributed by atoms with Crippen LogP contribution in [0, 0.1) is 0 Å². The first-order chi connectivity index (χ1) is 8.48. The summed E-state index contributed by atoms with van der Waals surface area (Å²) in [5, 5.41) is 38.9. The predicted octanol–water partition coefficient (Wildman–Crippen LogP) is 1.53. The lowest BCUT2D eigenvalue weighted by Crippen LogP contribution is -2.35. The summed E-state index contributed by atoms with van der Waals surface area (Å²) in [5.41, 5.74) is -1.30. The van der Waals surface area contributed by atoms with Crippen molar-refractivity contribution in [2.45, 2.75) is 70.4 Å². The van der Waals surface area contributed by atoms with Crippen LogP contribution in [0.4, 0.5) is 0 Å². The first-order valence-electron chi connectivity index (χ1n) is 6.59. The third-order valence-corrected chi connectivity index (χ3v) is 3.17. The molecule has 0 fully saturated rings. The molecule has 0 aromatic rings. The molecule has 4 nitrogen and oxygen atoms in total. The number of hydrogen-bond donors (Lipinski definition) is 4. The van der Waals surface area contributed by atoms with Crippen LogP contribution in [0.25, 0.3) is 0 Å². The maximum Gasteiger partial charge on any atom is 0.0849 e. The van der Waals surface area contributed by atoms with Gasteiger partial charge in [-0.05, 0) is 40.5 Å². The van der Waals surface area contributed by atoms with E-state index in [1.165, 1.54) is 6.08 Å². The zero-order valence-electron chi connectivity index (χ0n) is 12.4. The molecule has 0 saturated heterocycles. The summed E-state index contributed by atoms with van der Waals surface area (Å²) in [4.78, 5) is 0. The van der Waals surface area contributed by atoms with Crippen LogP contribution in [0.2, 0.25) is 0 Å². The lowest BCUT2D eigenvalue weighted by Gasteiger charge is -2.24. The second-order valence-electron chi connectivity index (χ2n) is 6.05. The van der Waals surface area contributed by atoms with Crippen LogP contribution in [-0.4, -0.2) is 43.8 Å². The van der Waals surface area contributed by atoms with Crippen molar-refractivity contribution in [3.05, 3.63) is 24.3 Å². The average Bonchev–Trinajstić information content (AvgIpc) is 2.23. The third kappa shape index (κ3) is 8.16. The Morgan fingerprint density at radius 2 is 1.74 bits per heavy atom. The average molecular weight is 272 g/mol. The van der Waals surface area contributed by atoms with Gasteiger partial charge < -0.3 is 20.4 Å². The van der Waals surface area contributed by atoms with Gasteiger partial charge in [-0.1, -0.05) is 17.7 Å². The molecule has 0 heterocycles. The number of aliphatic hydroxyl groups excluding tert-OH is 2. The van der Waals surface area contributed by atoms with Gasteiger partial charge in [0.25, 0.3) is 0 Å². The molecule has 19 heavy (non-hydrogen) atoms. The first kappa shape index (κ1) is 18.3. The normalized spacial score (nSPS) is 19.7. The van der Waals surface area contributed by atoms with Gasteiger partial charge in [0.1, 0.15) is 0 Å². The molecule has 0 amide bonds. The van der Waals surface area contributed by atoms with Crippen molar-refractivity contribution < 1.29 is 20.4 Å². The van der Waals surface area contributed by atoms with Gasteiger partial charge in [0.2, 0.25) is 0 Å². The number of allylic oxidation sites excluding steroid dienone is 1. The minimum Gasteiger partial charge on any atom is -0.390 e. The quantitative estimate of drug-likeness (QED) is 0.505. The molecule has 0 rings (SSSR count). The van der Waals surface area contributed by atoms with Crippen molar-refractivity contribution in [1.82, 2.24) is 0 Å². The zero-order chi connectivity index (χ0) is 15.3. The first-order valence-corrected chi connectivity index (χ1v) is 6.59. The molecule has 0 aliphatic carbocycles. The van der Waals surface area contributed by atoms with Crippen molar-refractivity contribution >= 4 is 0 Å². The van der Waals surface area contributed by atoms with Gasteiger partial charge in [0.15, 0.2) is 0 Å². The molecule has 0 aliphatic rings. The summed E-state index contributed by atoms with van der Waals surface area (Å²) in [5.74, 6) is 0. The second kappa shape index (κ2) is 7.20. The van der Waals surface area contributed by atoms with E-state index in [2.05, 4.69) is 6.58 Å². The molecule has 0 bridgehead atoms. The Labute approximate surface area is 116 Å². The summed E-state index contributed by atoms with van der Waals surface area (Å²) in [6.45, 7) is 10.1.